The number of nitrogens with one attached hydrogen (secondary N) is 1. The van der Waals surface area contributed by atoms with E-state index in [1.54, 1.807) is 29.1 Å². The van der Waals surface area contributed by atoms with Crippen LogP contribution in [0, 0.1) is 11.3 Å². The quantitative estimate of drug-likeness (QED) is 0.614. The van der Waals surface area contributed by atoms with Gasteiger partial charge in [0, 0.05) is 24.9 Å². The van der Waals surface area contributed by atoms with Gasteiger partial charge in [-0.1, -0.05) is 11.6 Å². The van der Waals surface area contributed by atoms with E-state index in [9.17, 15) is 10.1 Å². The van der Waals surface area contributed by atoms with Crippen molar-refractivity contribution in [3.05, 3.63) is 59.1 Å². The van der Waals surface area contributed by atoms with E-state index < -0.39 is 11.7 Å². The molecule has 0 bridgehead atoms. The summed E-state index contributed by atoms with van der Waals surface area (Å²) in [5, 5.41) is 24.0. The lowest BCUT2D eigenvalue weighted by atomic mass is 10.2. The van der Waals surface area contributed by atoms with Crippen molar-refractivity contribution in [3.63, 3.8) is 0 Å². The van der Waals surface area contributed by atoms with Gasteiger partial charge in [-0.15, -0.1) is 5.10 Å². The number of benzene rings is 1. The highest BCUT2D eigenvalue weighted by molar-refractivity contribution is 6.29. The zero-order valence-electron chi connectivity index (χ0n) is 17.3. The van der Waals surface area contributed by atoms with Crippen LogP contribution in [0.1, 0.15) is 31.9 Å². The summed E-state index contributed by atoms with van der Waals surface area (Å²) in [6.07, 6.45) is 5.04. The third-order valence-electron chi connectivity index (χ3n) is 3.88. The van der Waals surface area contributed by atoms with Crippen molar-refractivity contribution >= 4 is 17.7 Å². The molecule has 0 aliphatic carbocycles. The minimum absolute atomic E-state index is 0.189. The summed E-state index contributed by atoms with van der Waals surface area (Å²) in [5.74, 6) is 0.787. The minimum Gasteiger partial charge on any atom is -0.453 e. The predicted molar refractivity (Wildman–Crippen MR) is 113 cm³/mol. The Kier molecular flexibility index (Phi) is 6.72. The molecule has 0 saturated carbocycles. The molecule has 9 nitrogen and oxygen atoms in total. The Bertz CT molecular complexity index is 1120. The van der Waals surface area contributed by atoms with Crippen LogP contribution in [0.25, 0.3) is 5.69 Å². The summed E-state index contributed by atoms with van der Waals surface area (Å²) >= 11 is 5.87. The van der Waals surface area contributed by atoms with Crippen LogP contribution >= 0.6 is 11.6 Å². The second kappa shape index (κ2) is 9.45. The molecule has 2 heterocycles. The van der Waals surface area contributed by atoms with E-state index in [2.05, 4.69) is 26.7 Å². The number of amides is 1. The number of carbonyl (C=O) groups is 1. The normalized spacial score (nSPS) is 10.9. The first-order valence-corrected chi connectivity index (χ1v) is 9.82. The molecule has 0 aliphatic heterocycles. The SMILES string of the molecule is CC(C)(C)OC(=O)NCCc1cnn(-c2ccc(C#N)cc2Oc2cnnc(Cl)c2)c1. The number of hydrogen-bond acceptors (Lipinski definition) is 7. The molecule has 1 aromatic carbocycles. The Hall–Kier alpha value is -3.64. The molecule has 1 amide bonds. The van der Waals surface area contributed by atoms with Gasteiger partial charge >= 0.3 is 6.09 Å². The Morgan fingerprint density at radius 2 is 2.10 bits per heavy atom. The molecule has 0 spiro atoms. The van der Waals surface area contributed by atoms with Gasteiger partial charge in [-0.25, -0.2) is 9.48 Å². The summed E-state index contributed by atoms with van der Waals surface area (Å²) in [5.41, 5.74) is 1.41. The van der Waals surface area contributed by atoms with E-state index in [4.69, 9.17) is 21.1 Å². The molecule has 3 aromatic rings. The van der Waals surface area contributed by atoms with Crippen LogP contribution in [0.5, 0.6) is 11.5 Å². The molecule has 0 fully saturated rings. The molecule has 0 saturated heterocycles. The van der Waals surface area contributed by atoms with E-state index in [1.807, 2.05) is 27.0 Å². The van der Waals surface area contributed by atoms with Gasteiger partial charge in [-0.05, 0) is 44.9 Å². The molecular formula is C21H21ClN6O3. The van der Waals surface area contributed by atoms with Crippen LogP contribution in [0.3, 0.4) is 0 Å². The third kappa shape index (κ3) is 6.42. The maximum atomic E-state index is 11.8. The molecule has 10 heteroatoms. The molecule has 160 valence electrons. The molecule has 2 aromatic heterocycles. The van der Waals surface area contributed by atoms with E-state index in [0.717, 1.165) is 5.56 Å². The standard InChI is InChI=1S/C21H21ClN6O3/c1-21(2,3)31-20(29)24-7-6-15-11-26-28(13-15)17-5-4-14(10-23)8-18(17)30-16-9-19(22)27-25-12-16/h4-5,8-9,11-13H,6-7H2,1-3H3,(H,24,29). The average molecular weight is 441 g/mol. The summed E-state index contributed by atoms with van der Waals surface area (Å²) in [7, 11) is 0. The lowest BCUT2D eigenvalue weighted by Gasteiger charge is -2.19. The van der Waals surface area contributed by atoms with Crippen LogP contribution in [0.15, 0.2) is 42.9 Å². The van der Waals surface area contributed by atoms with Gasteiger partial charge in [0.2, 0.25) is 0 Å². The molecule has 31 heavy (non-hydrogen) atoms. The topological polar surface area (TPSA) is 115 Å². The van der Waals surface area contributed by atoms with Gasteiger partial charge in [-0.3, -0.25) is 0 Å². The van der Waals surface area contributed by atoms with Crippen LogP contribution in [-0.2, 0) is 11.2 Å². The smallest absolute Gasteiger partial charge is 0.407 e. The fourth-order valence-electron chi connectivity index (χ4n) is 2.61. The average Bonchev–Trinajstić information content (AvgIpc) is 3.15. The molecule has 0 aliphatic rings. The highest BCUT2D eigenvalue weighted by Crippen LogP contribution is 2.29. The van der Waals surface area contributed by atoms with Gasteiger partial charge < -0.3 is 14.8 Å². The Labute approximate surface area is 184 Å². The monoisotopic (exact) mass is 440 g/mol. The largest absolute Gasteiger partial charge is 0.453 e. The molecule has 0 unspecified atom stereocenters. The van der Waals surface area contributed by atoms with Crippen molar-refractivity contribution in [1.82, 2.24) is 25.3 Å². The predicted octanol–water partition coefficient (Wildman–Crippen LogP) is 4.05. The molecule has 1 N–H and O–H groups in total. The summed E-state index contributed by atoms with van der Waals surface area (Å²) < 4.78 is 12.7. The molecule has 3 rings (SSSR count). The lowest BCUT2D eigenvalue weighted by Crippen LogP contribution is -2.33. The van der Waals surface area contributed by atoms with Crippen LogP contribution in [0.4, 0.5) is 4.79 Å². The number of alkyl carbamates (subject to hydrolysis) is 1. The zero-order valence-corrected chi connectivity index (χ0v) is 18.1. The maximum absolute atomic E-state index is 11.8. The van der Waals surface area contributed by atoms with Crippen molar-refractivity contribution in [2.45, 2.75) is 32.8 Å². The number of ether oxygens (including phenoxy) is 2. The number of hydrogen-bond donors (Lipinski definition) is 1. The number of carbonyl (C=O) groups excluding carboxylic acids is 1. The van der Waals surface area contributed by atoms with Gasteiger partial charge in [0.05, 0.1) is 24.0 Å². The first kappa shape index (κ1) is 22.1. The number of aromatic nitrogens is 4. The van der Waals surface area contributed by atoms with Crippen LogP contribution in [0.2, 0.25) is 5.15 Å². The fourth-order valence-corrected chi connectivity index (χ4v) is 2.76. The van der Waals surface area contributed by atoms with Crippen LogP contribution < -0.4 is 10.1 Å². The molecule has 0 radical (unpaired) electrons. The molecule has 0 atom stereocenters. The first-order chi connectivity index (χ1) is 14.7. The first-order valence-electron chi connectivity index (χ1n) is 9.44. The molecular weight excluding hydrogens is 420 g/mol. The number of nitriles is 1. The zero-order chi connectivity index (χ0) is 22.4. The third-order valence-corrected chi connectivity index (χ3v) is 4.07. The highest BCUT2D eigenvalue weighted by Gasteiger charge is 2.16. The Morgan fingerprint density at radius 3 is 2.81 bits per heavy atom. The van der Waals surface area contributed by atoms with Crippen molar-refractivity contribution in [2.75, 3.05) is 6.54 Å². The number of rotatable bonds is 6. The summed E-state index contributed by atoms with van der Waals surface area (Å²) in [6.45, 7) is 5.83. The van der Waals surface area contributed by atoms with Gasteiger partial charge in [0.15, 0.2) is 16.7 Å². The summed E-state index contributed by atoms with van der Waals surface area (Å²) in [6, 6.07) is 8.62. The lowest BCUT2D eigenvalue weighted by molar-refractivity contribution is 0.0528. The second-order valence-electron chi connectivity index (χ2n) is 7.58. The Morgan fingerprint density at radius 1 is 1.29 bits per heavy atom. The van der Waals surface area contributed by atoms with Crippen molar-refractivity contribution in [2.24, 2.45) is 0 Å². The van der Waals surface area contributed by atoms with Gasteiger partial charge in [0.25, 0.3) is 0 Å². The van der Waals surface area contributed by atoms with Crippen LogP contribution in [-0.4, -0.2) is 38.2 Å². The van der Waals surface area contributed by atoms with E-state index in [-0.39, 0.29) is 5.15 Å². The number of nitrogens with zero attached hydrogens (tertiary/aromatic N) is 5. The van der Waals surface area contributed by atoms with E-state index in [0.29, 0.717) is 35.7 Å². The van der Waals surface area contributed by atoms with Crippen molar-refractivity contribution in [3.8, 4) is 23.3 Å². The number of halogens is 1. The second-order valence-corrected chi connectivity index (χ2v) is 7.97. The highest BCUT2D eigenvalue weighted by atomic mass is 35.5. The van der Waals surface area contributed by atoms with Gasteiger partial charge in [-0.2, -0.15) is 15.5 Å². The summed E-state index contributed by atoms with van der Waals surface area (Å²) in [4.78, 5) is 11.8. The van der Waals surface area contributed by atoms with Crippen molar-refractivity contribution < 1.29 is 14.3 Å². The minimum atomic E-state index is -0.546. The van der Waals surface area contributed by atoms with E-state index >= 15 is 0 Å². The fraction of sp³-hybridized carbons (Fsp3) is 0.286. The Balaban J connectivity index is 1.73. The maximum Gasteiger partial charge on any atom is 0.407 e. The van der Waals surface area contributed by atoms with E-state index in [1.165, 1.54) is 12.3 Å². The van der Waals surface area contributed by atoms with Gasteiger partial charge in [0.1, 0.15) is 11.3 Å². The van der Waals surface area contributed by atoms with Crippen molar-refractivity contribution in [1.29, 1.82) is 5.26 Å².